The van der Waals surface area contributed by atoms with E-state index in [1.54, 1.807) is 0 Å². The lowest BCUT2D eigenvalue weighted by atomic mass is 10.0. The van der Waals surface area contributed by atoms with Gasteiger partial charge in [0.05, 0.1) is 13.0 Å². The first kappa shape index (κ1) is 17.1. The highest BCUT2D eigenvalue weighted by molar-refractivity contribution is 5.78. The Balaban J connectivity index is 1.76. The van der Waals surface area contributed by atoms with E-state index < -0.39 is 0 Å². The van der Waals surface area contributed by atoms with Crippen LogP contribution < -0.4 is 10.1 Å². The SMILES string of the molecule is Cc1cccc(CC(=O)NCCOc2ccccc2C(C)C)c1. The summed E-state index contributed by atoms with van der Waals surface area (Å²) in [4.78, 5) is 11.9. The Kier molecular flexibility index (Phi) is 6.21. The largest absolute Gasteiger partial charge is 0.491 e. The van der Waals surface area contributed by atoms with Crippen LogP contribution in [0.15, 0.2) is 48.5 Å². The summed E-state index contributed by atoms with van der Waals surface area (Å²) in [6, 6.07) is 16.1. The highest BCUT2D eigenvalue weighted by Crippen LogP contribution is 2.25. The number of carbonyl (C=O) groups is 1. The van der Waals surface area contributed by atoms with Crippen molar-refractivity contribution in [1.29, 1.82) is 0 Å². The number of para-hydroxylation sites is 1. The second-order valence-corrected chi connectivity index (χ2v) is 6.06. The fourth-order valence-electron chi connectivity index (χ4n) is 2.51. The summed E-state index contributed by atoms with van der Waals surface area (Å²) in [5, 5.41) is 2.91. The third kappa shape index (κ3) is 5.44. The molecule has 0 heterocycles. The van der Waals surface area contributed by atoms with Crippen molar-refractivity contribution in [2.45, 2.75) is 33.1 Å². The quantitative estimate of drug-likeness (QED) is 0.789. The fraction of sp³-hybridized carbons (Fsp3) is 0.350. The molecule has 0 atom stereocenters. The van der Waals surface area contributed by atoms with Gasteiger partial charge in [-0.1, -0.05) is 61.9 Å². The standard InChI is InChI=1S/C20H25NO2/c1-15(2)18-9-4-5-10-19(18)23-12-11-21-20(22)14-17-8-6-7-16(3)13-17/h4-10,13,15H,11-12,14H2,1-3H3,(H,21,22). The Morgan fingerprint density at radius 3 is 2.65 bits per heavy atom. The molecule has 2 rings (SSSR count). The van der Waals surface area contributed by atoms with Crippen LogP contribution in [0, 0.1) is 6.92 Å². The second kappa shape index (κ2) is 8.37. The smallest absolute Gasteiger partial charge is 0.224 e. The van der Waals surface area contributed by atoms with Crippen molar-refractivity contribution in [3.8, 4) is 5.75 Å². The van der Waals surface area contributed by atoms with Crippen LogP contribution in [-0.2, 0) is 11.2 Å². The van der Waals surface area contributed by atoms with Crippen molar-refractivity contribution < 1.29 is 9.53 Å². The van der Waals surface area contributed by atoms with E-state index in [1.807, 2.05) is 49.4 Å². The van der Waals surface area contributed by atoms with E-state index in [2.05, 4.69) is 25.2 Å². The topological polar surface area (TPSA) is 38.3 Å². The van der Waals surface area contributed by atoms with E-state index in [1.165, 1.54) is 11.1 Å². The molecule has 2 aromatic rings. The summed E-state index contributed by atoms with van der Waals surface area (Å²) < 4.78 is 5.80. The Morgan fingerprint density at radius 1 is 1.13 bits per heavy atom. The number of ether oxygens (including phenoxy) is 1. The number of hydrogen-bond donors (Lipinski definition) is 1. The molecule has 2 aromatic carbocycles. The van der Waals surface area contributed by atoms with Crippen molar-refractivity contribution >= 4 is 5.91 Å². The summed E-state index contributed by atoms with van der Waals surface area (Å²) in [5.74, 6) is 1.34. The van der Waals surface area contributed by atoms with Gasteiger partial charge in [0.25, 0.3) is 0 Å². The van der Waals surface area contributed by atoms with Gasteiger partial charge in [-0.2, -0.15) is 0 Å². The van der Waals surface area contributed by atoms with Gasteiger partial charge in [-0.25, -0.2) is 0 Å². The molecule has 0 spiro atoms. The van der Waals surface area contributed by atoms with Gasteiger partial charge in [-0.3, -0.25) is 4.79 Å². The Labute approximate surface area is 138 Å². The van der Waals surface area contributed by atoms with E-state index in [0.29, 0.717) is 25.5 Å². The zero-order valence-corrected chi connectivity index (χ0v) is 14.1. The highest BCUT2D eigenvalue weighted by atomic mass is 16.5. The molecule has 3 nitrogen and oxygen atoms in total. The van der Waals surface area contributed by atoms with Gasteiger partial charge in [0.2, 0.25) is 5.91 Å². The minimum atomic E-state index is 0.0244. The number of benzene rings is 2. The highest BCUT2D eigenvalue weighted by Gasteiger charge is 2.07. The molecule has 0 saturated carbocycles. The fourth-order valence-corrected chi connectivity index (χ4v) is 2.51. The van der Waals surface area contributed by atoms with Crippen LogP contribution in [0.4, 0.5) is 0 Å². The minimum absolute atomic E-state index is 0.0244. The summed E-state index contributed by atoms with van der Waals surface area (Å²) >= 11 is 0. The number of aryl methyl sites for hydroxylation is 1. The van der Waals surface area contributed by atoms with Gasteiger partial charge in [0.15, 0.2) is 0 Å². The zero-order chi connectivity index (χ0) is 16.7. The van der Waals surface area contributed by atoms with Crippen molar-refractivity contribution in [1.82, 2.24) is 5.32 Å². The van der Waals surface area contributed by atoms with Gasteiger partial charge in [0, 0.05) is 0 Å². The first-order valence-electron chi connectivity index (χ1n) is 8.10. The van der Waals surface area contributed by atoms with Crippen LogP contribution in [-0.4, -0.2) is 19.1 Å². The van der Waals surface area contributed by atoms with Crippen LogP contribution in [0.3, 0.4) is 0 Å². The number of amides is 1. The van der Waals surface area contributed by atoms with Crippen LogP contribution in [0.25, 0.3) is 0 Å². The van der Waals surface area contributed by atoms with E-state index in [-0.39, 0.29) is 5.91 Å². The van der Waals surface area contributed by atoms with E-state index in [0.717, 1.165) is 11.3 Å². The van der Waals surface area contributed by atoms with Crippen molar-refractivity contribution in [2.75, 3.05) is 13.2 Å². The van der Waals surface area contributed by atoms with Crippen LogP contribution >= 0.6 is 0 Å². The maximum Gasteiger partial charge on any atom is 0.224 e. The first-order chi connectivity index (χ1) is 11.1. The summed E-state index contributed by atoms with van der Waals surface area (Å²) in [7, 11) is 0. The second-order valence-electron chi connectivity index (χ2n) is 6.06. The van der Waals surface area contributed by atoms with Crippen LogP contribution in [0.1, 0.15) is 36.5 Å². The predicted octanol–water partition coefficient (Wildman–Crippen LogP) is 3.86. The van der Waals surface area contributed by atoms with Crippen LogP contribution in [0.5, 0.6) is 5.75 Å². The summed E-state index contributed by atoms with van der Waals surface area (Å²) in [6.45, 7) is 7.30. The number of rotatable bonds is 7. The molecule has 0 saturated heterocycles. The molecule has 0 unspecified atom stereocenters. The molecule has 0 radical (unpaired) electrons. The third-order valence-corrected chi connectivity index (χ3v) is 3.67. The first-order valence-corrected chi connectivity index (χ1v) is 8.10. The Bertz CT molecular complexity index is 650. The third-order valence-electron chi connectivity index (χ3n) is 3.67. The summed E-state index contributed by atoms with van der Waals surface area (Å²) in [6.07, 6.45) is 0.407. The van der Waals surface area contributed by atoms with Crippen molar-refractivity contribution in [2.24, 2.45) is 0 Å². The minimum Gasteiger partial charge on any atom is -0.491 e. The van der Waals surface area contributed by atoms with Gasteiger partial charge in [-0.05, 0) is 30.0 Å². The number of hydrogen-bond acceptors (Lipinski definition) is 2. The molecular formula is C20H25NO2. The van der Waals surface area contributed by atoms with E-state index >= 15 is 0 Å². The predicted molar refractivity (Wildman–Crippen MR) is 93.9 cm³/mol. The number of carbonyl (C=O) groups excluding carboxylic acids is 1. The Morgan fingerprint density at radius 2 is 1.91 bits per heavy atom. The van der Waals surface area contributed by atoms with Gasteiger partial charge in [0.1, 0.15) is 12.4 Å². The van der Waals surface area contributed by atoms with Crippen LogP contribution in [0.2, 0.25) is 0 Å². The van der Waals surface area contributed by atoms with Gasteiger partial charge >= 0.3 is 0 Å². The molecule has 122 valence electrons. The maximum atomic E-state index is 11.9. The van der Waals surface area contributed by atoms with E-state index in [4.69, 9.17) is 4.74 Å². The zero-order valence-electron chi connectivity index (χ0n) is 14.1. The van der Waals surface area contributed by atoms with Gasteiger partial charge in [-0.15, -0.1) is 0 Å². The molecule has 0 aromatic heterocycles. The maximum absolute atomic E-state index is 11.9. The monoisotopic (exact) mass is 311 g/mol. The molecule has 0 bridgehead atoms. The molecular weight excluding hydrogens is 286 g/mol. The molecule has 0 aliphatic carbocycles. The lowest BCUT2D eigenvalue weighted by molar-refractivity contribution is -0.120. The molecule has 1 N–H and O–H groups in total. The molecule has 0 aliphatic heterocycles. The number of nitrogens with one attached hydrogen (secondary N) is 1. The molecule has 3 heteroatoms. The van der Waals surface area contributed by atoms with E-state index in [9.17, 15) is 4.79 Å². The molecule has 23 heavy (non-hydrogen) atoms. The molecule has 0 aliphatic rings. The Hall–Kier alpha value is -2.29. The van der Waals surface area contributed by atoms with Crippen molar-refractivity contribution in [3.05, 3.63) is 65.2 Å². The molecule has 1 amide bonds. The average Bonchev–Trinajstić information content (AvgIpc) is 2.52. The average molecular weight is 311 g/mol. The normalized spacial score (nSPS) is 10.6. The molecule has 0 fully saturated rings. The lowest BCUT2D eigenvalue weighted by Crippen LogP contribution is -2.29. The van der Waals surface area contributed by atoms with Crippen molar-refractivity contribution in [3.63, 3.8) is 0 Å². The lowest BCUT2D eigenvalue weighted by Gasteiger charge is -2.14. The summed E-state index contributed by atoms with van der Waals surface area (Å²) in [5.41, 5.74) is 3.40. The van der Waals surface area contributed by atoms with Gasteiger partial charge < -0.3 is 10.1 Å².